The SMILES string of the molecule is CCNC1(c2nc(C(C)C)cs2)CCNCC1. The molecule has 0 aromatic carbocycles. The number of rotatable bonds is 4. The Kier molecular flexibility index (Phi) is 4.17. The highest BCUT2D eigenvalue weighted by Crippen LogP contribution is 2.34. The molecule has 0 saturated carbocycles. The van der Waals surface area contributed by atoms with Gasteiger partial charge in [-0.05, 0) is 38.4 Å². The summed E-state index contributed by atoms with van der Waals surface area (Å²) >= 11 is 1.82. The monoisotopic (exact) mass is 253 g/mol. The maximum absolute atomic E-state index is 4.85. The van der Waals surface area contributed by atoms with E-state index in [1.54, 1.807) is 0 Å². The van der Waals surface area contributed by atoms with Gasteiger partial charge in [-0.25, -0.2) is 4.98 Å². The second kappa shape index (κ2) is 5.46. The Morgan fingerprint density at radius 3 is 2.71 bits per heavy atom. The molecule has 1 aliphatic rings. The summed E-state index contributed by atoms with van der Waals surface area (Å²) < 4.78 is 0. The van der Waals surface area contributed by atoms with E-state index in [9.17, 15) is 0 Å². The molecule has 3 nitrogen and oxygen atoms in total. The molecule has 4 heteroatoms. The molecule has 0 aliphatic carbocycles. The molecular weight excluding hydrogens is 230 g/mol. The third kappa shape index (κ3) is 2.69. The van der Waals surface area contributed by atoms with Gasteiger partial charge in [0.25, 0.3) is 0 Å². The van der Waals surface area contributed by atoms with Crippen LogP contribution in [0.4, 0.5) is 0 Å². The van der Waals surface area contributed by atoms with Crippen molar-refractivity contribution in [2.24, 2.45) is 0 Å². The number of thiazole rings is 1. The van der Waals surface area contributed by atoms with Gasteiger partial charge in [0.05, 0.1) is 11.2 Å². The lowest BCUT2D eigenvalue weighted by Crippen LogP contribution is -2.49. The minimum Gasteiger partial charge on any atom is -0.317 e. The Hall–Kier alpha value is -0.450. The molecule has 0 bridgehead atoms. The predicted molar refractivity (Wildman–Crippen MR) is 73.7 cm³/mol. The standard InChI is InChI=1S/C13H23N3S/c1-4-15-13(5-7-14-8-6-13)12-16-11(9-17-12)10(2)3/h9-10,14-15H,4-8H2,1-3H3. The fraction of sp³-hybridized carbons (Fsp3) is 0.769. The van der Waals surface area contributed by atoms with Crippen molar-refractivity contribution in [3.8, 4) is 0 Å². The third-order valence-corrected chi connectivity index (χ3v) is 4.56. The predicted octanol–water partition coefficient (Wildman–Crippen LogP) is 2.45. The average molecular weight is 253 g/mol. The van der Waals surface area contributed by atoms with Gasteiger partial charge in [0.2, 0.25) is 0 Å². The van der Waals surface area contributed by atoms with Crippen LogP contribution in [0.1, 0.15) is 50.2 Å². The summed E-state index contributed by atoms with van der Waals surface area (Å²) in [5.41, 5.74) is 1.36. The van der Waals surface area contributed by atoms with E-state index < -0.39 is 0 Å². The minimum absolute atomic E-state index is 0.123. The molecule has 96 valence electrons. The molecule has 2 N–H and O–H groups in total. The third-order valence-electron chi connectivity index (χ3n) is 3.50. The zero-order chi connectivity index (χ0) is 12.3. The summed E-state index contributed by atoms with van der Waals surface area (Å²) in [6.07, 6.45) is 2.29. The first kappa shape index (κ1) is 13.0. The quantitative estimate of drug-likeness (QED) is 0.865. The maximum Gasteiger partial charge on any atom is 0.113 e. The van der Waals surface area contributed by atoms with Crippen molar-refractivity contribution in [3.63, 3.8) is 0 Å². The van der Waals surface area contributed by atoms with Crippen LogP contribution in [0.15, 0.2) is 5.38 Å². The van der Waals surface area contributed by atoms with Crippen LogP contribution in [0.5, 0.6) is 0 Å². The highest BCUT2D eigenvalue weighted by atomic mass is 32.1. The van der Waals surface area contributed by atoms with Crippen molar-refractivity contribution in [2.75, 3.05) is 19.6 Å². The molecule has 1 aromatic heterocycles. The highest BCUT2D eigenvalue weighted by Gasteiger charge is 2.35. The van der Waals surface area contributed by atoms with Crippen LogP contribution < -0.4 is 10.6 Å². The van der Waals surface area contributed by atoms with E-state index in [1.165, 1.54) is 10.7 Å². The fourth-order valence-electron chi connectivity index (χ4n) is 2.43. The maximum atomic E-state index is 4.85. The largest absolute Gasteiger partial charge is 0.317 e. The number of hydrogen-bond donors (Lipinski definition) is 2. The summed E-state index contributed by atoms with van der Waals surface area (Å²) in [5, 5.41) is 10.6. The number of nitrogens with one attached hydrogen (secondary N) is 2. The van der Waals surface area contributed by atoms with Crippen LogP contribution in [0.25, 0.3) is 0 Å². The Balaban J connectivity index is 2.24. The minimum atomic E-state index is 0.123. The van der Waals surface area contributed by atoms with Gasteiger partial charge in [-0.3, -0.25) is 0 Å². The second-order valence-electron chi connectivity index (χ2n) is 5.09. The van der Waals surface area contributed by atoms with Gasteiger partial charge in [-0.1, -0.05) is 20.8 Å². The van der Waals surface area contributed by atoms with Crippen molar-refractivity contribution < 1.29 is 0 Å². The number of hydrogen-bond acceptors (Lipinski definition) is 4. The molecule has 1 saturated heterocycles. The van der Waals surface area contributed by atoms with Crippen LogP contribution in [0.2, 0.25) is 0 Å². The Morgan fingerprint density at radius 1 is 1.47 bits per heavy atom. The van der Waals surface area contributed by atoms with Crippen LogP contribution in [0, 0.1) is 0 Å². The Bertz CT molecular complexity index is 348. The van der Waals surface area contributed by atoms with Crippen molar-refractivity contribution >= 4 is 11.3 Å². The van der Waals surface area contributed by atoms with Crippen molar-refractivity contribution in [1.82, 2.24) is 15.6 Å². The van der Waals surface area contributed by atoms with E-state index in [0.29, 0.717) is 5.92 Å². The summed E-state index contributed by atoms with van der Waals surface area (Å²) in [6.45, 7) is 9.78. The van der Waals surface area contributed by atoms with Gasteiger partial charge < -0.3 is 10.6 Å². The lowest BCUT2D eigenvalue weighted by atomic mass is 9.89. The van der Waals surface area contributed by atoms with Crippen molar-refractivity contribution in [3.05, 3.63) is 16.1 Å². The normalized spacial score (nSPS) is 19.8. The van der Waals surface area contributed by atoms with E-state index in [0.717, 1.165) is 32.5 Å². The number of aromatic nitrogens is 1. The summed E-state index contributed by atoms with van der Waals surface area (Å²) in [5.74, 6) is 0.528. The van der Waals surface area contributed by atoms with E-state index in [1.807, 2.05) is 11.3 Å². The topological polar surface area (TPSA) is 37.0 Å². The van der Waals surface area contributed by atoms with Crippen LogP contribution in [-0.2, 0) is 5.54 Å². The van der Waals surface area contributed by atoms with Gasteiger partial charge in [-0.2, -0.15) is 0 Å². The van der Waals surface area contributed by atoms with Crippen LogP contribution in [0.3, 0.4) is 0 Å². The molecule has 2 rings (SSSR count). The summed E-state index contributed by atoms with van der Waals surface area (Å²) in [4.78, 5) is 4.85. The van der Waals surface area contributed by atoms with Gasteiger partial charge in [0.1, 0.15) is 5.01 Å². The molecule has 0 unspecified atom stereocenters. The Morgan fingerprint density at radius 2 is 2.18 bits per heavy atom. The molecule has 0 amide bonds. The smallest absolute Gasteiger partial charge is 0.113 e. The van der Waals surface area contributed by atoms with E-state index >= 15 is 0 Å². The van der Waals surface area contributed by atoms with Crippen molar-refractivity contribution in [2.45, 2.75) is 45.1 Å². The summed E-state index contributed by atoms with van der Waals surface area (Å²) in [7, 11) is 0. The van der Waals surface area contributed by atoms with E-state index in [2.05, 4.69) is 36.8 Å². The molecule has 17 heavy (non-hydrogen) atoms. The van der Waals surface area contributed by atoms with E-state index in [4.69, 9.17) is 4.98 Å². The van der Waals surface area contributed by atoms with Gasteiger partial charge >= 0.3 is 0 Å². The van der Waals surface area contributed by atoms with Gasteiger partial charge in [0, 0.05) is 5.38 Å². The summed E-state index contributed by atoms with van der Waals surface area (Å²) in [6, 6.07) is 0. The second-order valence-corrected chi connectivity index (χ2v) is 5.95. The van der Waals surface area contributed by atoms with E-state index in [-0.39, 0.29) is 5.54 Å². The van der Waals surface area contributed by atoms with Crippen LogP contribution >= 0.6 is 11.3 Å². The van der Waals surface area contributed by atoms with Gasteiger partial charge in [0.15, 0.2) is 0 Å². The first-order chi connectivity index (χ1) is 8.18. The Labute approximate surface area is 108 Å². The molecule has 0 atom stereocenters. The zero-order valence-electron chi connectivity index (χ0n) is 11.0. The number of piperidine rings is 1. The molecular formula is C13H23N3S. The lowest BCUT2D eigenvalue weighted by molar-refractivity contribution is 0.249. The first-order valence-corrected chi connectivity index (χ1v) is 7.47. The fourth-order valence-corrected chi connectivity index (χ4v) is 3.65. The molecule has 1 aliphatic heterocycles. The molecule has 2 heterocycles. The van der Waals surface area contributed by atoms with Crippen LogP contribution in [-0.4, -0.2) is 24.6 Å². The molecule has 0 spiro atoms. The molecule has 0 radical (unpaired) electrons. The highest BCUT2D eigenvalue weighted by molar-refractivity contribution is 7.09. The zero-order valence-corrected chi connectivity index (χ0v) is 11.9. The molecule has 1 fully saturated rings. The molecule has 1 aromatic rings. The number of nitrogens with zero attached hydrogens (tertiary/aromatic N) is 1. The lowest BCUT2D eigenvalue weighted by Gasteiger charge is -2.36. The van der Waals surface area contributed by atoms with Gasteiger partial charge in [-0.15, -0.1) is 11.3 Å². The van der Waals surface area contributed by atoms with Crippen molar-refractivity contribution in [1.29, 1.82) is 0 Å². The first-order valence-electron chi connectivity index (χ1n) is 6.59. The average Bonchev–Trinajstić information content (AvgIpc) is 2.80.